The fraction of sp³-hybridized carbons (Fsp3) is 0.867. The van der Waals surface area contributed by atoms with E-state index in [1.165, 1.54) is 32.8 Å². The van der Waals surface area contributed by atoms with Crippen LogP contribution >= 0.6 is 0 Å². The zero-order chi connectivity index (χ0) is 14.0. The molecule has 1 unspecified atom stereocenters. The molecule has 4 heteroatoms. The number of nitrogens with zero attached hydrogens (tertiary/aromatic N) is 1. The predicted octanol–water partition coefficient (Wildman–Crippen LogP) is 2.51. The number of carbonyl (C=O) groups is 2. The van der Waals surface area contributed by atoms with E-state index in [-0.39, 0.29) is 17.8 Å². The van der Waals surface area contributed by atoms with E-state index in [1.807, 2.05) is 18.7 Å². The molecule has 1 aliphatic heterocycles. The molecule has 4 nitrogen and oxygen atoms in total. The van der Waals surface area contributed by atoms with Gasteiger partial charge in [-0.25, -0.2) is 0 Å². The van der Waals surface area contributed by atoms with Crippen LogP contribution in [0, 0.1) is 5.92 Å². The van der Waals surface area contributed by atoms with Crippen LogP contribution in [-0.2, 0) is 14.3 Å². The molecule has 1 saturated carbocycles. The second-order valence-corrected chi connectivity index (χ2v) is 6.34. The number of ether oxygens (including phenoxy) is 1. The predicted molar refractivity (Wildman–Crippen MR) is 72.5 cm³/mol. The number of methoxy groups -OCH3 is 1. The normalized spacial score (nSPS) is 28.3. The molecule has 1 saturated heterocycles. The third-order valence-electron chi connectivity index (χ3n) is 4.80. The summed E-state index contributed by atoms with van der Waals surface area (Å²) in [6.45, 7) is 4.01. The summed E-state index contributed by atoms with van der Waals surface area (Å²) in [4.78, 5) is 26.2. The number of amides is 1. The third-order valence-corrected chi connectivity index (χ3v) is 4.80. The van der Waals surface area contributed by atoms with Crippen LogP contribution in [0.15, 0.2) is 0 Å². The summed E-state index contributed by atoms with van der Waals surface area (Å²) in [6, 6.07) is 0.305. The zero-order valence-electron chi connectivity index (χ0n) is 12.3. The molecule has 1 aliphatic carbocycles. The van der Waals surface area contributed by atoms with E-state index in [0.29, 0.717) is 12.5 Å². The lowest BCUT2D eigenvalue weighted by atomic mass is 9.87. The maximum Gasteiger partial charge on any atom is 0.311 e. The van der Waals surface area contributed by atoms with Crippen LogP contribution < -0.4 is 0 Å². The van der Waals surface area contributed by atoms with Crippen molar-refractivity contribution in [2.75, 3.05) is 7.11 Å². The molecule has 2 fully saturated rings. The van der Waals surface area contributed by atoms with E-state index in [1.54, 1.807) is 0 Å². The van der Waals surface area contributed by atoms with E-state index in [0.717, 1.165) is 12.8 Å². The monoisotopic (exact) mass is 267 g/mol. The average molecular weight is 267 g/mol. The van der Waals surface area contributed by atoms with Gasteiger partial charge >= 0.3 is 5.97 Å². The number of carbonyl (C=O) groups excluding carboxylic acids is 2. The second kappa shape index (κ2) is 5.51. The Bertz CT molecular complexity index is 356. The highest BCUT2D eigenvalue weighted by atomic mass is 16.5. The van der Waals surface area contributed by atoms with Gasteiger partial charge in [0, 0.05) is 12.5 Å². The van der Waals surface area contributed by atoms with Crippen molar-refractivity contribution >= 4 is 11.9 Å². The first kappa shape index (κ1) is 14.4. The van der Waals surface area contributed by atoms with Crippen LogP contribution in [0.5, 0.6) is 0 Å². The van der Waals surface area contributed by atoms with Gasteiger partial charge in [-0.1, -0.05) is 25.7 Å². The number of rotatable bonds is 2. The third kappa shape index (κ3) is 2.63. The van der Waals surface area contributed by atoms with Gasteiger partial charge in [-0.05, 0) is 26.7 Å². The lowest BCUT2D eigenvalue weighted by Crippen LogP contribution is -2.51. The molecule has 1 atom stereocenters. The van der Waals surface area contributed by atoms with Crippen LogP contribution in [0.25, 0.3) is 0 Å². The van der Waals surface area contributed by atoms with Gasteiger partial charge in [0.1, 0.15) is 0 Å². The molecule has 0 N–H and O–H groups in total. The Morgan fingerprint density at radius 1 is 1.21 bits per heavy atom. The van der Waals surface area contributed by atoms with Crippen LogP contribution in [0.3, 0.4) is 0 Å². The molecule has 108 valence electrons. The van der Waals surface area contributed by atoms with Gasteiger partial charge in [0.15, 0.2) is 0 Å². The van der Waals surface area contributed by atoms with Crippen molar-refractivity contribution in [2.24, 2.45) is 5.92 Å². The Kier molecular flexibility index (Phi) is 4.16. The fourth-order valence-electron chi connectivity index (χ4n) is 3.72. The van der Waals surface area contributed by atoms with Crippen molar-refractivity contribution in [3.63, 3.8) is 0 Å². The number of hydrogen-bond donors (Lipinski definition) is 0. The maximum atomic E-state index is 12.4. The Morgan fingerprint density at radius 3 is 2.32 bits per heavy atom. The number of esters is 1. The molecule has 0 spiro atoms. The number of hydrogen-bond acceptors (Lipinski definition) is 3. The Balaban J connectivity index is 2.19. The minimum atomic E-state index is -0.417. The maximum absolute atomic E-state index is 12.4. The molecule has 2 rings (SSSR count). The van der Waals surface area contributed by atoms with Gasteiger partial charge in [0.2, 0.25) is 5.91 Å². The smallest absolute Gasteiger partial charge is 0.311 e. The van der Waals surface area contributed by atoms with Crippen molar-refractivity contribution in [1.29, 1.82) is 0 Å². The first-order valence-electron chi connectivity index (χ1n) is 7.38. The fourth-order valence-corrected chi connectivity index (χ4v) is 3.72. The van der Waals surface area contributed by atoms with Crippen LogP contribution in [0.1, 0.15) is 58.8 Å². The summed E-state index contributed by atoms with van der Waals surface area (Å²) in [7, 11) is 1.40. The van der Waals surface area contributed by atoms with E-state index < -0.39 is 5.54 Å². The van der Waals surface area contributed by atoms with Gasteiger partial charge in [-0.3, -0.25) is 9.59 Å². The van der Waals surface area contributed by atoms with Gasteiger partial charge in [0.05, 0.1) is 18.6 Å². The highest BCUT2D eigenvalue weighted by molar-refractivity contribution is 5.89. The molecule has 1 heterocycles. The Labute approximate surface area is 115 Å². The summed E-state index contributed by atoms with van der Waals surface area (Å²) >= 11 is 0. The minimum absolute atomic E-state index is 0.118. The minimum Gasteiger partial charge on any atom is -0.469 e. The quantitative estimate of drug-likeness (QED) is 0.570. The van der Waals surface area contributed by atoms with E-state index in [4.69, 9.17) is 4.74 Å². The molecule has 1 amide bonds. The standard InChI is InChI=1S/C15H25NO3/c1-15(2)12(14(18)19-3)10-13(17)16(15)11-8-6-4-5-7-9-11/h11-12H,4-10H2,1-3H3. The van der Waals surface area contributed by atoms with Crippen molar-refractivity contribution in [1.82, 2.24) is 4.90 Å². The molecule has 0 radical (unpaired) electrons. The highest BCUT2D eigenvalue weighted by Crippen LogP contribution is 2.40. The van der Waals surface area contributed by atoms with Crippen molar-refractivity contribution in [3.05, 3.63) is 0 Å². The Morgan fingerprint density at radius 2 is 1.79 bits per heavy atom. The zero-order valence-corrected chi connectivity index (χ0v) is 12.3. The molecule has 0 bridgehead atoms. The SMILES string of the molecule is COC(=O)C1CC(=O)N(C2CCCCCC2)C1(C)C. The van der Waals surface area contributed by atoms with E-state index in [9.17, 15) is 9.59 Å². The van der Waals surface area contributed by atoms with Crippen LogP contribution in [0.2, 0.25) is 0 Å². The summed E-state index contributed by atoms with van der Waals surface area (Å²) in [5.74, 6) is -0.463. The van der Waals surface area contributed by atoms with Crippen molar-refractivity contribution in [2.45, 2.75) is 70.4 Å². The van der Waals surface area contributed by atoms with Gasteiger partial charge < -0.3 is 9.64 Å². The summed E-state index contributed by atoms with van der Waals surface area (Å²) in [5, 5.41) is 0. The van der Waals surface area contributed by atoms with Crippen LogP contribution in [0.4, 0.5) is 0 Å². The largest absolute Gasteiger partial charge is 0.469 e. The first-order valence-corrected chi connectivity index (χ1v) is 7.38. The van der Waals surface area contributed by atoms with Crippen molar-refractivity contribution < 1.29 is 14.3 Å². The molecule has 0 aromatic heterocycles. The molecule has 19 heavy (non-hydrogen) atoms. The summed E-state index contributed by atoms with van der Waals surface area (Å²) in [5.41, 5.74) is -0.417. The summed E-state index contributed by atoms with van der Waals surface area (Å²) in [6.07, 6.45) is 7.35. The molecule has 2 aliphatic rings. The average Bonchev–Trinajstić information content (AvgIpc) is 2.57. The molecule has 0 aromatic carbocycles. The summed E-state index contributed by atoms with van der Waals surface area (Å²) < 4.78 is 4.86. The lowest BCUT2D eigenvalue weighted by Gasteiger charge is -2.40. The first-order chi connectivity index (χ1) is 8.98. The van der Waals surface area contributed by atoms with Gasteiger partial charge in [0.25, 0.3) is 0 Å². The second-order valence-electron chi connectivity index (χ2n) is 6.34. The molecular formula is C15H25NO3. The molecular weight excluding hydrogens is 242 g/mol. The van der Waals surface area contributed by atoms with Crippen molar-refractivity contribution in [3.8, 4) is 0 Å². The molecule has 0 aromatic rings. The number of likely N-dealkylation sites (tertiary alicyclic amines) is 1. The van der Waals surface area contributed by atoms with Crippen LogP contribution in [-0.4, -0.2) is 35.5 Å². The lowest BCUT2D eigenvalue weighted by molar-refractivity contribution is -0.148. The topological polar surface area (TPSA) is 46.6 Å². The van der Waals surface area contributed by atoms with E-state index in [2.05, 4.69) is 0 Å². The van der Waals surface area contributed by atoms with Gasteiger partial charge in [-0.15, -0.1) is 0 Å². The Hall–Kier alpha value is -1.06. The highest BCUT2D eigenvalue weighted by Gasteiger charge is 2.52. The van der Waals surface area contributed by atoms with E-state index >= 15 is 0 Å². The van der Waals surface area contributed by atoms with Gasteiger partial charge in [-0.2, -0.15) is 0 Å².